The maximum absolute atomic E-state index is 14.0. The molecule has 1 unspecified atom stereocenters. The number of nitrogens with zero attached hydrogens (tertiary/aromatic N) is 4. The third-order valence-electron chi connectivity index (χ3n) is 5.79. The molecule has 0 aliphatic carbocycles. The van der Waals surface area contributed by atoms with Crippen LogP contribution in [0.15, 0.2) is 72.8 Å². The van der Waals surface area contributed by atoms with Gasteiger partial charge in [0.15, 0.2) is 0 Å². The molecule has 0 spiro atoms. The molecule has 4 aromatic rings. The van der Waals surface area contributed by atoms with Gasteiger partial charge in [0.2, 0.25) is 11.8 Å². The summed E-state index contributed by atoms with van der Waals surface area (Å²) in [5.74, 6) is -0.0458. The molecule has 9 heteroatoms. The first-order valence-electron chi connectivity index (χ1n) is 11.9. The van der Waals surface area contributed by atoms with Gasteiger partial charge in [0.05, 0.1) is 12.6 Å². The second-order valence-electron chi connectivity index (χ2n) is 9.77. The van der Waals surface area contributed by atoms with E-state index in [1.807, 2.05) is 69.3 Å². The van der Waals surface area contributed by atoms with Gasteiger partial charge >= 0.3 is 0 Å². The number of methoxy groups -OCH3 is 1. The largest absolute Gasteiger partial charge is 0.497 e. The molecule has 0 radical (unpaired) electrons. The van der Waals surface area contributed by atoms with E-state index in [2.05, 4.69) is 15.6 Å². The van der Waals surface area contributed by atoms with Gasteiger partial charge in [-0.3, -0.25) is 9.59 Å². The molecule has 0 saturated heterocycles. The van der Waals surface area contributed by atoms with Crippen LogP contribution in [0.3, 0.4) is 0 Å². The van der Waals surface area contributed by atoms with Crippen LogP contribution in [0.25, 0.3) is 11.0 Å². The van der Waals surface area contributed by atoms with Gasteiger partial charge in [-0.25, -0.2) is 4.68 Å². The lowest BCUT2D eigenvalue weighted by Crippen LogP contribution is -2.49. The Kier molecular flexibility index (Phi) is 7.78. The first-order valence-corrected chi connectivity index (χ1v) is 12.3. The number of para-hydroxylation sites is 1. The lowest BCUT2D eigenvalue weighted by atomic mass is 10.0. The van der Waals surface area contributed by atoms with E-state index in [-0.39, 0.29) is 24.9 Å². The van der Waals surface area contributed by atoms with E-state index in [4.69, 9.17) is 16.3 Å². The highest BCUT2D eigenvalue weighted by Crippen LogP contribution is 2.29. The van der Waals surface area contributed by atoms with Gasteiger partial charge in [-0.05, 0) is 62.2 Å². The van der Waals surface area contributed by atoms with E-state index in [0.717, 1.165) is 11.1 Å². The van der Waals surface area contributed by atoms with Gasteiger partial charge in [0, 0.05) is 17.1 Å². The number of rotatable bonds is 8. The highest BCUT2D eigenvalue weighted by Gasteiger charge is 2.34. The van der Waals surface area contributed by atoms with E-state index in [1.165, 1.54) is 4.90 Å². The summed E-state index contributed by atoms with van der Waals surface area (Å²) in [5.41, 5.74) is 2.23. The quantitative estimate of drug-likeness (QED) is 0.362. The summed E-state index contributed by atoms with van der Waals surface area (Å²) >= 11 is 6.49. The van der Waals surface area contributed by atoms with E-state index in [1.54, 1.807) is 36.1 Å². The van der Waals surface area contributed by atoms with Crippen LogP contribution in [0.4, 0.5) is 0 Å². The Bertz CT molecular complexity index is 1410. The molecule has 37 heavy (non-hydrogen) atoms. The standard InChI is InChI=1S/C28H30ClN5O3/c1-28(2,3)30-27(36)26(19-11-9-12-21(16-19)37-4)33(17-20-10-5-6-13-22(20)29)25(35)18-34-24-15-8-7-14-23(24)31-32-34/h5-16,26H,17-18H2,1-4H3,(H,30,36). The molecule has 0 bridgehead atoms. The molecule has 2 amide bonds. The topological polar surface area (TPSA) is 89.4 Å². The van der Waals surface area contributed by atoms with Gasteiger partial charge in [0.1, 0.15) is 23.9 Å². The molecule has 0 fully saturated rings. The Morgan fingerprint density at radius 1 is 1.05 bits per heavy atom. The second-order valence-corrected chi connectivity index (χ2v) is 10.2. The van der Waals surface area contributed by atoms with Crippen LogP contribution < -0.4 is 10.1 Å². The number of aromatic nitrogens is 3. The maximum atomic E-state index is 14.0. The van der Waals surface area contributed by atoms with Crippen molar-refractivity contribution in [2.45, 2.75) is 45.4 Å². The molecule has 0 aliphatic heterocycles. The maximum Gasteiger partial charge on any atom is 0.247 e. The molecule has 4 rings (SSSR count). The molecule has 3 aromatic carbocycles. The number of nitrogens with one attached hydrogen (secondary N) is 1. The molecule has 1 atom stereocenters. The van der Waals surface area contributed by atoms with Crippen molar-refractivity contribution in [1.29, 1.82) is 0 Å². The van der Waals surface area contributed by atoms with Gasteiger partial charge in [0.25, 0.3) is 0 Å². The molecule has 0 saturated carbocycles. The number of carbonyl (C=O) groups excluding carboxylic acids is 2. The highest BCUT2D eigenvalue weighted by atomic mass is 35.5. The summed E-state index contributed by atoms with van der Waals surface area (Å²) in [6.07, 6.45) is 0. The first-order chi connectivity index (χ1) is 17.7. The lowest BCUT2D eigenvalue weighted by molar-refractivity contribution is -0.142. The summed E-state index contributed by atoms with van der Waals surface area (Å²) in [6.45, 7) is 5.71. The molecule has 1 heterocycles. The fourth-order valence-corrected chi connectivity index (χ4v) is 4.30. The van der Waals surface area contributed by atoms with Crippen LogP contribution in [0.1, 0.15) is 37.9 Å². The minimum absolute atomic E-state index is 0.103. The summed E-state index contributed by atoms with van der Waals surface area (Å²) in [6, 6.07) is 20.9. The zero-order valence-corrected chi connectivity index (χ0v) is 22.1. The van der Waals surface area contributed by atoms with Gasteiger partial charge in [-0.15, -0.1) is 5.10 Å². The molecule has 1 N–H and O–H groups in total. The Labute approximate surface area is 221 Å². The fourth-order valence-electron chi connectivity index (χ4n) is 4.11. The molecular formula is C28H30ClN5O3. The number of fused-ring (bicyclic) bond motifs is 1. The average Bonchev–Trinajstić information content (AvgIpc) is 3.26. The zero-order chi connectivity index (χ0) is 26.6. The molecule has 0 aliphatic rings. The SMILES string of the molecule is COc1cccc(C(C(=O)NC(C)(C)C)N(Cc2ccccc2Cl)C(=O)Cn2nnc3ccccc32)c1. The summed E-state index contributed by atoms with van der Waals surface area (Å²) in [4.78, 5) is 29.3. The minimum atomic E-state index is -0.951. The lowest BCUT2D eigenvalue weighted by Gasteiger charge is -2.34. The number of carbonyl (C=O) groups is 2. The van der Waals surface area contributed by atoms with Crippen molar-refractivity contribution in [1.82, 2.24) is 25.2 Å². The number of amides is 2. The molecule has 192 valence electrons. The fraction of sp³-hybridized carbons (Fsp3) is 0.286. The van der Waals surface area contributed by atoms with E-state index in [0.29, 0.717) is 21.9 Å². The zero-order valence-electron chi connectivity index (χ0n) is 21.3. The molecule has 1 aromatic heterocycles. The number of halogens is 1. The van der Waals surface area contributed by atoms with Crippen LogP contribution in [-0.2, 0) is 22.7 Å². The number of hydrogen-bond acceptors (Lipinski definition) is 5. The van der Waals surface area contributed by atoms with Crippen molar-refractivity contribution in [2.24, 2.45) is 0 Å². The van der Waals surface area contributed by atoms with Gasteiger partial charge < -0.3 is 15.0 Å². The number of benzene rings is 3. The second kappa shape index (κ2) is 11.0. The van der Waals surface area contributed by atoms with Crippen molar-refractivity contribution in [2.75, 3.05) is 7.11 Å². The van der Waals surface area contributed by atoms with Crippen LogP contribution in [0, 0.1) is 0 Å². The monoisotopic (exact) mass is 519 g/mol. The van der Waals surface area contributed by atoms with Crippen molar-refractivity contribution < 1.29 is 14.3 Å². The Hall–Kier alpha value is -3.91. The van der Waals surface area contributed by atoms with Crippen molar-refractivity contribution in [3.8, 4) is 5.75 Å². The van der Waals surface area contributed by atoms with Crippen molar-refractivity contribution >= 4 is 34.4 Å². The Morgan fingerprint density at radius 2 is 1.78 bits per heavy atom. The minimum Gasteiger partial charge on any atom is -0.497 e. The molecular weight excluding hydrogens is 490 g/mol. The van der Waals surface area contributed by atoms with Crippen LogP contribution in [0.2, 0.25) is 5.02 Å². The Balaban J connectivity index is 1.80. The predicted octanol–water partition coefficient (Wildman–Crippen LogP) is 4.78. The number of ether oxygens (including phenoxy) is 1. The van der Waals surface area contributed by atoms with Gasteiger partial charge in [-0.1, -0.05) is 59.3 Å². The third kappa shape index (κ3) is 6.27. The van der Waals surface area contributed by atoms with Crippen molar-refractivity contribution in [3.63, 3.8) is 0 Å². The van der Waals surface area contributed by atoms with Gasteiger partial charge in [-0.2, -0.15) is 0 Å². The van der Waals surface area contributed by atoms with Crippen LogP contribution >= 0.6 is 11.6 Å². The Morgan fingerprint density at radius 3 is 2.51 bits per heavy atom. The molecule has 8 nitrogen and oxygen atoms in total. The smallest absolute Gasteiger partial charge is 0.247 e. The van der Waals surface area contributed by atoms with Crippen molar-refractivity contribution in [3.05, 3.63) is 88.9 Å². The van der Waals surface area contributed by atoms with Crippen LogP contribution in [0.5, 0.6) is 5.75 Å². The summed E-state index contributed by atoms with van der Waals surface area (Å²) in [7, 11) is 1.56. The summed E-state index contributed by atoms with van der Waals surface area (Å²) in [5, 5.41) is 11.9. The number of hydrogen-bond donors (Lipinski definition) is 1. The first kappa shape index (κ1) is 26.2. The third-order valence-corrected chi connectivity index (χ3v) is 6.16. The summed E-state index contributed by atoms with van der Waals surface area (Å²) < 4.78 is 6.96. The highest BCUT2D eigenvalue weighted by molar-refractivity contribution is 6.31. The van der Waals surface area contributed by atoms with Crippen LogP contribution in [-0.4, -0.2) is 44.4 Å². The van der Waals surface area contributed by atoms with E-state index >= 15 is 0 Å². The predicted molar refractivity (Wildman–Crippen MR) is 143 cm³/mol. The van der Waals surface area contributed by atoms with E-state index < -0.39 is 11.6 Å². The normalized spacial score (nSPS) is 12.2. The van der Waals surface area contributed by atoms with E-state index in [9.17, 15) is 9.59 Å². The average molecular weight is 520 g/mol.